The van der Waals surface area contributed by atoms with E-state index in [0.29, 0.717) is 22.4 Å². The molecule has 6 heteroatoms. The number of nitrogens with zero attached hydrogens (tertiary/aromatic N) is 3. The third-order valence-electron chi connectivity index (χ3n) is 2.76. The highest BCUT2D eigenvalue weighted by Crippen LogP contribution is 2.28. The van der Waals surface area contributed by atoms with Crippen LogP contribution in [0.1, 0.15) is 15.9 Å². The second-order valence-corrected chi connectivity index (χ2v) is 3.89. The molecule has 3 rings (SSSR count). The van der Waals surface area contributed by atoms with Gasteiger partial charge in [-0.05, 0) is 0 Å². The molecule has 3 heterocycles. The number of hydrogen-bond donors (Lipinski definition) is 1. The van der Waals surface area contributed by atoms with Gasteiger partial charge >= 0.3 is 0 Å². The molecule has 0 aliphatic carbocycles. The van der Waals surface area contributed by atoms with Gasteiger partial charge in [-0.2, -0.15) is 5.10 Å². The monoisotopic (exact) mass is 232 g/mol. The third kappa shape index (κ3) is 1.41. The zero-order valence-electron chi connectivity index (χ0n) is 9.07. The summed E-state index contributed by atoms with van der Waals surface area (Å²) in [5.74, 6) is -0.739. The first kappa shape index (κ1) is 9.95. The summed E-state index contributed by atoms with van der Waals surface area (Å²) in [5.41, 5.74) is 1.88. The summed E-state index contributed by atoms with van der Waals surface area (Å²) in [6.45, 7) is 0.218. The van der Waals surface area contributed by atoms with Gasteiger partial charge in [0.1, 0.15) is 5.82 Å². The minimum absolute atomic E-state index is 0.218. The molecule has 0 bridgehead atoms. The Morgan fingerprint density at radius 2 is 2.29 bits per heavy atom. The normalized spacial score (nSPS) is 13.6. The standard InChI is InChI=1S/C11H9FN4O/c1-16-5-6(2-15-16)10-9-7(3-14-11(9)17)8(12)4-13-10/h2,4-5H,3H2,1H3,(H,14,17). The number of carbonyl (C=O) groups excluding carboxylic acids is 1. The lowest BCUT2D eigenvalue weighted by atomic mass is 10.1. The smallest absolute Gasteiger partial charge is 0.254 e. The van der Waals surface area contributed by atoms with Gasteiger partial charge in [0.15, 0.2) is 0 Å². The topological polar surface area (TPSA) is 59.8 Å². The van der Waals surface area contributed by atoms with Crippen LogP contribution in [-0.4, -0.2) is 20.7 Å². The van der Waals surface area contributed by atoms with Crippen LogP contribution >= 0.6 is 0 Å². The molecule has 0 atom stereocenters. The highest BCUT2D eigenvalue weighted by Gasteiger charge is 2.27. The molecule has 0 spiro atoms. The van der Waals surface area contributed by atoms with Gasteiger partial charge in [0, 0.05) is 30.9 Å². The van der Waals surface area contributed by atoms with Gasteiger partial charge in [0.25, 0.3) is 5.91 Å². The molecule has 1 N–H and O–H groups in total. The first-order valence-electron chi connectivity index (χ1n) is 5.11. The van der Waals surface area contributed by atoms with Gasteiger partial charge in [-0.3, -0.25) is 14.5 Å². The molecule has 0 radical (unpaired) electrons. The number of rotatable bonds is 1. The molecule has 0 saturated carbocycles. The summed E-state index contributed by atoms with van der Waals surface area (Å²) >= 11 is 0. The Labute approximate surface area is 96.3 Å². The molecule has 2 aromatic rings. The third-order valence-corrected chi connectivity index (χ3v) is 2.76. The highest BCUT2D eigenvalue weighted by atomic mass is 19.1. The van der Waals surface area contributed by atoms with Crippen molar-refractivity contribution in [2.24, 2.45) is 7.05 Å². The highest BCUT2D eigenvalue weighted by molar-refractivity contribution is 6.03. The van der Waals surface area contributed by atoms with Crippen molar-refractivity contribution in [1.82, 2.24) is 20.1 Å². The number of pyridine rings is 1. The van der Waals surface area contributed by atoms with Crippen molar-refractivity contribution in [3.63, 3.8) is 0 Å². The average molecular weight is 232 g/mol. The minimum Gasteiger partial charge on any atom is -0.348 e. The first-order chi connectivity index (χ1) is 8.16. The SMILES string of the molecule is Cn1cc(-c2ncc(F)c3c2C(=O)NC3)cn1. The fraction of sp³-hybridized carbons (Fsp3) is 0.182. The molecule has 2 aromatic heterocycles. The van der Waals surface area contributed by atoms with E-state index in [0.717, 1.165) is 6.20 Å². The number of aromatic nitrogens is 3. The second kappa shape index (κ2) is 3.38. The Bertz CT molecular complexity index is 620. The van der Waals surface area contributed by atoms with Crippen LogP contribution in [0.2, 0.25) is 0 Å². The van der Waals surface area contributed by atoms with Crippen LogP contribution in [-0.2, 0) is 13.6 Å². The van der Waals surface area contributed by atoms with E-state index >= 15 is 0 Å². The van der Waals surface area contributed by atoms with Crippen LogP contribution in [0.3, 0.4) is 0 Å². The van der Waals surface area contributed by atoms with Crippen molar-refractivity contribution in [3.8, 4) is 11.3 Å². The lowest BCUT2D eigenvalue weighted by Gasteiger charge is -2.03. The fourth-order valence-corrected chi connectivity index (χ4v) is 1.96. The van der Waals surface area contributed by atoms with Crippen molar-refractivity contribution in [1.29, 1.82) is 0 Å². The van der Waals surface area contributed by atoms with E-state index < -0.39 is 5.82 Å². The number of nitrogens with one attached hydrogen (secondary N) is 1. The van der Waals surface area contributed by atoms with Crippen molar-refractivity contribution < 1.29 is 9.18 Å². The predicted molar refractivity (Wildman–Crippen MR) is 57.6 cm³/mol. The molecule has 1 amide bonds. The Morgan fingerprint density at radius 1 is 1.47 bits per heavy atom. The van der Waals surface area contributed by atoms with E-state index in [1.807, 2.05) is 0 Å². The van der Waals surface area contributed by atoms with Crippen molar-refractivity contribution in [2.45, 2.75) is 6.54 Å². The Hall–Kier alpha value is -2.24. The summed E-state index contributed by atoms with van der Waals surface area (Å²) in [6.07, 6.45) is 4.49. The Kier molecular flexibility index (Phi) is 1.98. The van der Waals surface area contributed by atoms with Crippen LogP contribution in [0.15, 0.2) is 18.6 Å². The zero-order chi connectivity index (χ0) is 12.0. The van der Waals surface area contributed by atoms with E-state index in [-0.39, 0.29) is 12.5 Å². The molecule has 0 unspecified atom stereocenters. The molecule has 17 heavy (non-hydrogen) atoms. The molecule has 0 saturated heterocycles. The predicted octanol–water partition coefficient (Wildman–Crippen LogP) is 0.865. The van der Waals surface area contributed by atoms with Gasteiger partial charge in [-0.1, -0.05) is 0 Å². The molecular formula is C11H9FN4O. The van der Waals surface area contributed by atoms with Gasteiger partial charge in [-0.15, -0.1) is 0 Å². The Morgan fingerprint density at radius 3 is 3.00 bits per heavy atom. The number of hydrogen-bond acceptors (Lipinski definition) is 3. The molecular weight excluding hydrogens is 223 g/mol. The second-order valence-electron chi connectivity index (χ2n) is 3.89. The molecule has 0 fully saturated rings. The Balaban J connectivity index is 2.25. The summed E-state index contributed by atoms with van der Waals surface area (Å²) < 4.78 is 15.1. The van der Waals surface area contributed by atoms with E-state index in [1.54, 1.807) is 24.1 Å². The van der Waals surface area contributed by atoms with Crippen LogP contribution in [0.4, 0.5) is 4.39 Å². The lowest BCUT2D eigenvalue weighted by Crippen LogP contribution is -2.13. The van der Waals surface area contributed by atoms with Crippen LogP contribution in [0, 0.1) is 5.82 Å². The molecule has 86 valence electrons. The fourth-order valence-electron chi connectivity index (χ4n) is 1.96. The van der Waals surface area contributed by atoms with E-state index in [1.165, 1.54) is 0 Å². The van der Waals surface area contributed by atoms with Crippen molar-refractivity contribution >= 4 is 5.91 Å². The van der Waals surface area contributed by atoms with Crippen LogP contribution in [0.5, 0.6) is 0 Å². The van der Waals surface area contributed by atoms with Crippen LogP contribution in [0.25, 0.3) is 11.3 Å². The number of carbonyl (C=O) groups is 1. The van der Waals surface area contributed by atoms with Crippen LogP contribution < -0.4 is 5.32 Å². The van der Waals surface area contributed by atoms with E-state index in [4.69, 9.17) is 0 Å². The summed E-state index contributed by atoms with van der Waals surface area (Å²) in [6, 6.07) is 0. The van der Waals surface area contributed by atoms with E-state index in [2.05, 4.69) is 15.4 Å². The minimum atomic E-state index is -0.453. The van der Waals surface area contributed by atoms with Crippen molar-refractivity contribution in [3.05, 3.63) is 35.5 Å². The molecule has 1 aliphatic rings. The number of amides is 1. The summed E-state index contributed by atoms with van der Waals surface area (Å²) in [4.78, 5) is 15.7. The summed E-state index contributed by atoms with van der Waals surface area (Å²) in [7, 11) is 1.77. The number of fused-ring (bicyclic) bond motifs is 1. The van der Waals surface area contributed by atoms with Crippen molar-refractivity contribution in [2.75, 3.05) is 0 Å². The van der Waals surface area contributed by atoms with Gasteiger partial charge in [-0.25, -0.2) is 4.39 Å². The molecule has 1 aliphatic heterocycles. The number of halogens is 1. The lowest BCUT2D eigenvalue weighted by molar-refractivity contribution is 0.0966. The van der Waals surface area contributed by atoms with Gasteiger partial charge in [0.05, 0.1) is 23.7 Å². The van der Waals surface area contributed by atoms with Gasteiger partial charge < -0.3 is 5.32 Å². The maximum atomic E-state index is 13.5. The molecule has 0 aromatic carbocycles. The zero-order valence-corrected chi connectivity index (χ0v) is 9.07. The average Bonchev–Trinajstić information content (AvgIpc) is 2.88. The quantitative estimate of drug-likeness (QED) is 0.793. The summed E-state index contributed by atoms with van der Waals surface area (Å²) in [5, 5.41) is 6.61. The number of aryl methyl sites for hydroxylation is 1. The van der Waals surface area contributed by atoms with Gasteiger partial charge in [0.2, 0.25) is 0 Å². The largest absolute Gasteiger partial charge is 0.348 e. The first-order valence-corrected chi connectivity index (χ1v) is 5.11. The molecule has 5 nitrogen and oxygen atoms in total. The maximum absolute atomic E-state index is 13.5. The van der Waals surface area contributed by atoms with E-state index in [9.17, 15) is 9.18 Å². The maximum Gasteiger partial charge on any atom is 0.254 e.